The van der Waals surface area contributed by atoms with Gasteiger partial charge in [0.25, 0.3) is 0 Å². The highest BCUT2D eigenvalue weighted by atomic mass is 15.1. The fourth-order valence-electron chi connectivity index (χ4n) is 7.58. The molecule has 0 unspecified atom stereocenters. The van der Waals surface area contributed by atoms with Crippen molar-refractivity contribution in [2.45, 2.75) is 0 Å². The average Bonchev–Trinajstić information content (AvgIpc) is 3.74. The van der Waals surface area contributed by atoms with Gasteiger partial charge in [-0.1, -0.05) is 109 Å². The molecule has 0 aliphatic heterocycles. The SMILES string of the molecule is c1ccc(-n2c3ccccc3c3ccc(-n4c5ccccc5c5cccc(-n6c7ccccc7c7ccccc76)c54)cc32)cc1. The molecule has 0 aliphatic rings. The Kier molecular flexibility index (Phi) is 5.00. The molecule has 0 saturated heterocycles. The molecular weight excluding hydrogens is 546 g/mol. The van der Waals surface area contributed by atoms with Crippen LogP contribution < -0.4 is 0 Å². The number of hydrogen-bond donors (Lipinski definition) is 0. The molecule has 3 heterocycles. The van der Waals surface area contributed by atoms with Gasteiger partial charge >= 0.3 is 0 Å². The minimum absolute atomic E-state index is 1.14. The van der Waals surface area contributed by atoms with E-state index in [2.05, 4.69) is 177 Å². The van der Waals surface area contributed by atoms with E-state index >= 15 is 0 Å². The first-order valence-electron chi connectivity index (χ1n) is 15.5. The summed E-state index contributed by atoms with van der Waals surface area (Å²) in [6.07, 6.45) is 0. The Morgan fingerprint density at radius 2 is 0.733 bits per heavy atom. The molecule has 0 spiro atoms. The smallest absolute Gasteiger partial charge is 0.0782 e. The first kappa shape index (κ1) is 24.4. The fraction of sp³-hybridized carbons (Fsp3) is 0. The summed E-state index contributed by atoms with van der Waals surface area (Å²) in [5, 5.41) is 7.54. The van der Waals surface area contributed by atoms with Crippen LogP contribution in [0.2, 0.25) is 0 Å². The molecule has 0 bridgehead atoms. The minimum Gasteiger partial charge on any atom is -0.309 e. The van der Waals surface area contributed by atoms with Gasteiger partial charge in [0.05, 0.1) is 38.8 Å². The van der Waals surface area contributed by atoms with Gasteiger partial charge in [0.1, 0.15) is 0 Å². The Bertz CT molecular complexity index is 2700. The van der Waals surface area contributed by atoms with Crippen LogP contribution in [0.3, 0.4) is 0 Å². The summed E-state index contributed by atoms with van der Waals surface area (Å²) in [6.45, 7) is 0. The lowest BCUT2D eigenvalue weighted by molar-refractivity contribution is 1.13. The van der Waals surface area contributed by atoms with E-state index in [4.69, 9.17) is 0 Å². The maximum Gasteiger partial charge on any atom is 0.0782 e. The van der Waals surface area contributed by atoms with Gasteiger partial charge in [-0.05, 0) is 54.6 Å². The van der Waals surface area contributed by atoms with E-state index in [-0.39, 0.29) is 0 Å². The number of para-hydroxylation sites is 6. The van der Waals surface area contributed by atoms with Crippen LogP contribution in [-0.2, 0) is 0 Å². The van der Waals surface area contributed by atoms with Crippen molar-refractivity contribution in [1.29, 1.82) is 0 Å². The van der Waals surface area contributed by atoms with Crippen LogP contribution in [0.5, 0.6) is 0 Å². The normalized spacial score (nSPS) is 12.0. The average molecular weight is 574 g/mol. The van der Waals surface area contributed by atoms with Crippen molar-refractivity contribution in [2.24, 2.45) is 0 Å². The Morgan fingerprint density at radius 1 is 0.267 bits per heavy atom. The van der Waals surface area contributed by atoms with Crippen LogP contribution in [0.1, 0.15) is 0 Å². The summed E-state index contributed by atoms with van der Waals surface area (Å²) in [7, 11) is 0. The predicted octanol–water partition coefficient (Wildman–Crippen LogP) is 11.0. The van der Waals surface area contributed by atoms with Crippen molar-refractivity contribution < 1.29 is 0 Å². The van der Waals surface area contributed by atoms with Crippen LogP contribution in [0, 0.1) is 0 Å². The number of hydrogen-bond acceptors (Lipinski definition) is 0. The molecule has 0 atom stereocenters. The van der Waals surface area contributed by atoms with Crippen molar-refractivity contribution >= 4 is 65.4 Å². The number of rotatable bonds is 3. The zero-order valence-electron chi connectivity index (χ0n) is 24.4. The molecule has 0 saturated carbocycles. The van der Waals surface area contributed by atoms with E-state index in [9.17, 15) is 0 Å². The quantitative estimate of drug-likeness (QED) is 0.200. The highest BCUT2D eigenvalue weighted by Crippen LogP contribution is 2.41. The lowest BCUT2D eigenvalue weighted by atomic mass is 10.1. The van der Waals surface area contributed by atoms with E-state index < -0.39 is 0 Å². The first-order chi connectivity index (χ1) is 22.4. The van der Waals surface area contributed by atoms with Gasteiger partial charge in [-0.3, -0.25) is 0 Å². The molecule has 3 heteroatoms. The summed E-state index contributed by atoms with van der Waals surface area (Å²) in [5.74, 6) is 0. The number of aromatic nitrogens is 3. The second-order valence-corrected chi connectivity index (χ2v) is 11.8. The lowest BCUT2D eigenvalue weighted by Gasteiger charge is -2.15. The van der Waals surface area contributed by atoms with Gasteiger partial charge in [-0.2, -0.15) is 0 Å². The third-order valence-corrected chi connectivity index (χ3v) is 9.42. The van der Waals surface area contributed by atoms with Gasteiger partial charge < -0.3 is 13.7 Å². The van der Waals surface area contributed by atoms with E-state index in [0.717, 1.165) is 11.4 Å². The maximum absolute atomic E-state index is 2.47. The van der Waals surface area contributed by atoms with Crippen molar-refractivity contribution in [3.8, 4) is 17.1 Å². The van der Waals surface area contributed by atoms with Gasteiger partial charge in [-0.15, -0.1) is 0 Å². The van der Waals surface area contributed by atoms with E-state index in [1.165, 1.54) is 71.1 Å². The summed E-state index contributed by atoms with van der Waals surface area (Å²) < 4.78 is 7.31. The lowest BCUT2D eigenvalue weighted by Crippen LogP contribution is -2.01. The predicted molar refractivity (Wildman–Crippen MR) is 189 cm³/mol. The minimum atomic E-state index is 1.14. The Hall–Kier alpha value is -6.06. The molecule has 0 N–H and O–H groups in total. The first-order valence-corrected chi connectivity index (χ1v) is 15.5. The van der Waals surface area contributed by atoms with Crippen LogP contribution in [0.25, 0.3) is 82.5 Å². The van der Waals surface area contributed by atoms with Gasteiger partial charge in [0, 0.05) is 43.7 Å². The molecule has 0 fully saturated rings. The number of fused-ring (bicyclic) bond motifs is 9. The molecule has 0 amide bonds. The standard InChI is InChI=1S/C42H27N3/c1-2-13-28(14-3-1)43-36-20-8-4-17-32(36)34-26-25-29(27-41(34)43)44-37-21-9-7-18-33(37)35-19-12-24-40(42(35)44)45-38-22-10-5-15-30(38)31-16-6-11-23-39(31)45/h1-27H. The fourth-order valence-corrected chi connectivity index (χ4v) is 7.58. The zero-order valence-corrected chi connectivity index (χ0v) is 24.4. The van der Waals surface area contributed by atoms with Gasteiger partial charge in [-0.25, -0.2) is 0 Å². The highest BCUT2D eigenvalue weighted by Gasteiger charge is 2.21. The largest absolute Gasteiger partial charge is 0.309 e. The monoisotopic (exact) mass is 573 g/mol. The molecule has 0 radical (unpaired) electrons. The summed E-state index contributed by atoms with van der Waals surface area (Å²) >= 11 is 0. The van der Waals surface area contributed by atoms with Crippen molar-refractivity contribution in [1.82, 2.24) is 13.7 Å². The van der Waals surface area contributed by atoms with Gasteiger partial charge in [0.2, 0.25) is 0 Å². The maximum atomic E-state index is 2.47. The van der Waals surface area contributed by atoms with Gasteiger partial charge in [0.15, 0.2) is 0 Å². The molecule has 0 aliphatic carbocycles. The Morgan fingerprint density at radius 3 is 1.36 bits per heavy atom. The molecule has 10 aromatic rings. The zero-order chi connectivity index (χ0) is 29.5. The number of nitrogens with zero attached hydrogens (tertiary/aromatic N) is 3. The summed E-state index contributed by atoms with van der Waals surface area (Å²) in [5.41, 5.74) is 10.7. The van der Waals surface area contributed by atoms with Crippen molar-refractivity contribution in [2.75, 3.05) is 0 Å². The van der Waals surface area contributed by atoms with E-state index in [1.54, 1.807) is 0 Å². The third kappa shape index (κ3) is 3.35. The Balaban J connectivity index is 1.36. The third-order valence-electron chi connectivity index (χ3n) is 9.42. The highest BCUT2D eigenvalue weighted by molar-refractivity contribution is 6.15. The molecule has 210 valence electrons. The molecule has 10 rings (SSSR count). The second-order valence-electron chi connectivity index (χ2n) is 11.8. The van der Waals surface area contributed by atoms with Crippen LogP contribution in [0.4, 0.5) is 0 Å². The number of benzene rings is 7. The summed E-state index contributed by atoms with van der Waals surface area (Å²) in [4.78, 5) is 0. The van der Waals surface area contributed by atoms with Crippen molar-refractivity contribution in [3.63, 3.8) is 0 Å². The molecule has 3 aromatic heterocycles. The van der Waals surface area contributed by atoms with E-state index in [1.807, 2.05) is 0 Å². The van der Waals surface area contributed by atoms with Crippen molar-refractivity contribution in [3.05, 3.63) is 164 Å². The Labute approximate surface area is 259 Å². The topological polar surface area (TPSA) is 14.8 Å². The molecule has 3 nitrogen and oxygen atoms in total. The van der Waals surface area contributed by atoms with Crippen LogP contribution in [-0.4, -0.2) is 13.7 Å². The van der Waals surface area contributed by atoms with Crippen LogP contribution in [0.15, 0.2) is 164 Å². The molecule has 7 aromatic carbocycles. The summed E-state index contributed by atoms with van der Waals surface area (Å²) in [6, 6.07) is 59.5. The van der Waals surface area contributed by atoms with Crippen LogP contribution >= 0.6 is 0 Å². The molecule has 45 heavy (non-hydrogen) atoms. The second kappa shape index (κ2) is 9.22. The molecular formula is C42H27N3. The van der Waals surface area contributed by atoms with E-state index in [0.29, 0.717) is 0 Å².